The highest BCUT2D eigenvalue weighted by atomic mass is 16.5. The first kappa shape index (κ1) is 15.1. The number of benzene rings is 2. The van der Waals surface area contributed by atoms with Gasteiger partial charge in [0.05, 0.1) is 12.2 Å². The molecule has 0 radical (unpaired) electrons. The predicted molar refractivity (Wildman–Crippen MR) is 88.0 cm³/mol. The largest absolute Gasteiger partial charge is 0.490 e. The number of anilines is 1. The molecule has 3 rings (SSSR count). The van der Waals surface area contributed by atoms with Crippen LogP contribution in [0.5, 0.6) is 5.75 Å². The van der Waals surface area contributed by atoms with E-state index in [-0.39, 0.29) is 11.8 Å². The molecule has 0 unspecified atom stereocenters. The van der Waals surface area contributed by atoms with E-state index in [1.54, 1.807) is 23.1 Å². The first-order chi connectivity index (χ1) is 11.1. The summed E-state index contributed by atoms with van der Waals surface area (Å²) in [6.45, 7) is 2.85. The Hall–Kier alpha value is -2.82. The first-order valence-electron chi connectivity index (χ1n) is 7.52. The second-order valence-electron chi connectivity index (χ2n) is 5.38. The average Bonchev–Trinajstić information content (AvgIpc) is 2.59. The molecule has 1 aliphatic heterocycles. The van der Waals surface area contributed by atoms with Gasteiger partial charge in [-0.1, -0.05) is 30.3 Å². The zero-order chi connectivity index (χ0) is 16.2. The number of carbonyl (C=O) groups excluding carboxylic acids is 2. The Morgan fingerprint density at radius 2 is 1.96 bits per heavy atom. The maximum absolute atomic E-state index is 12.5. The minimum absolute atomic E-state index is 0.0389. The number of amides is 2. The average molecular weight is 310 g/mol. The van der Waals surface area contributed by atoms with Crippen molar-refractivity contribution in [2.75, 3.05) is 18.1 Å². The van der Waals surface area contributed by atoms with Gasteiger partial charge in [0.25, 0.3) is 0 Å². The SMILES string of the molecule is CC(=O)c1ccc2c(c1)N(C(=O)NCc1ccccc1)CCO2. The molecule has 5 nitrogen and oxygen atoms in total. The van der Waals surface area contributed by atoms with Gasteiger partial charge in [0.15, 0.2) is 5.78 Å². The third-order valence-electron chi connectivity index (χ3n) is 3.76. The lowest BCUT2D eigenvalue weighted by Crippen LogP contribution is -2.44. The van der Waals surface area contributed by atoms with E-state index in [9.17, 15) is 9.59 Å². The topological polar surface area (TPSA) is 58.6 Å². The van der Waals surface area contributed by atoms with E-state index < -0.39 is 0 Å². The van der Waals surface area contributed by atoms with Crippen LogP contribution < -0.4 is 15.0 Å². The fraction of sp³-hybridized carbons (Fsp3) is 0.222. The number of rotatable bonds is 3. The number of nitrogens with one attached hydrogen (secondary N) is 1. The number of hydrogen-bond donors (Lipinski definition) is 1. The summed E-state index contributed by atoms with van der Waals surface area (Å²) in [7, 11) is 0. The number of hydrogen-bond acceptors (Lipinski definition) is 3. The van der Waals surface area contributed by atoms with Gasteiger partial charge in [-0.05, 0) is 30.7 Å². The molecule has 2 aromatic carbocycles. The number of carbonyl (C=O) groups is 2. The highest BCUT2D eigenvalue weighted by Crippen LogP contribution is 2.32. The first-order valence-corrected chi connectivity index (χ1v) is 7.52. The van der Waals surface area contributed by atoms with Crippen LogP contribution in [-0.4, -0.2) is 25.0 Å². The fourth-order valence-corrected chi connectivity index (χ4v) is 2.52. The Labute approximate surface area is 134 Å². The van der Waals surface area contributed by atoms with Crippen LogP contribution in [0.1, 0.15) is 22.8 Å². The summed E-state index contributed by atoms with van der Waals surface area (Å²) in [5.41, 5.74) is 2.23. The summed E-state index contributed by atoms with van der Waals surface area (Å²) < 4.78 is 5.57. The summed E-state index contributed by atoms with van der Waals surface area (Å²) in [6, 6.07) is 14.7. The Morgan fingerprint density at radius 1 is 1.17 bits per heavy atom. The van der Waals surface area contributed by atoms with Crippen LogP contribution in [-0.2, 0) is 6.54 Å². The monoisotopic (exact) mass is 310 g/mol. The minimum atomic E-state index is -0.195. The summed E-state index contributed by atoms with van der Waals surface area (Å²) in [6.07, 6.45) is 0. The van der Waals surface area contributed by atoms with Crippen molar-refractivity contribution < 1.29 is 14.3 Å². The Morgan fingerprint density at radius 3 is 2.70 bits per heavy atom. The Kier molecular flexibility index (Phi) is 4.28. The van der Waals surface area contributed by atoms with Gasteiger partial charge in [-0.3, -0.25) is 9.69 Å². The van der Waals surface area contributed by atoms with Gasteiger partial charge < -0.3 is 10.1 Å². The molecular formula is C18H18N2O3. The van der Waals surface area contributed by atoms with Crippen LogP contribution in [0.15, 0.2) is 48.5 Å². The Bertz CT molecular complexity index is 728. The molecule has 0 fully saturated rings. The molecule has 0 saturated heterocycles. The summed E-state index contributed by atoms with van der Waals surface area (Å²) in [4.78, 5) is 25.7. The quantitative estimate of drug-likeness (QED) is 0.887. The van der Waals surface area contributed by atoms with Crippen molar-refractivity contribution in [2.24, 2.45) is 0 Å². The molecule has 2 amide bonds. The molecule has 2 aromatic rings. The van der Waals surface area contributed by atoms with Crippen LogP contribution >= 0.6 is 0 Å². The van der Waals surface area contributed by atoms with Crippen LogP contribution in [0, 0.1) is 0 Å². The van der Waals surface area contributed by atoms with E-state index in [4.69, 9.17) is 4.74 Å². The number of ketones is 1. The van der Waals surface area contributed by atoms with Crippen LogP contribution in [0.2, 0.25) is 0 Å². The second-order valence-corrected chi connectivity index (χ2v) is 5.38. The van der Waals surface area contributed by atoms with E-state index >= 15 is 0 Å². The van der Waals surface area contributed by atoms with E-state index in [1.165, 1.54) is 6.92 Å². The number of ether oxygens (including phenoxy) is 1. The molecule has 1 N–H and O–H groups in total. The maximum Gasteiger partial charge on any atom is 0.322 e. The van der Waals surface area contributed by atoms with Crippen molar-refractivity contribution in [1.82, 2.24) is 5.32 Å². The van der Waals surface area contributed by atoms with Gasteiger partial charge in [-0.25, -0.2) is 4.79 Å². The molecule has 0 spiro atoms. The van der Waals surface area contributed by atoms with Gasteiger partial charge in [0.2, 0.25) is 0 Å². The summed E-state index contributed by atoms with van der Waals surface area (Å²) >= 11 is 0. The highest BCUT2D eigenvalue weighted by Gasteiger charge is 2.24. The van der Waals surface area contributed by atoms with Crippen molar-refractivity contribution in [3.05, 3.63) is 59.7 Å². The molecule has 0 aromatic heterocycles. The van der Waals surface area contributed by atoms with Crippen LogP contribution in [0.3, 0.4) is 0 Å². The minimum Gasteiger partial charge on any atom is -0.490 e. The predicted octanol–water partition coefficient (Wildman–Crippen LogP) is 3.00. The lowest BCUT2D eigenvalue weighted by molar-refractivity contribution is 0.101. The normalized spacial score (nSPS) is 13.0. The molecule has 118 valence electrons. The molecule has 0 bridgehead atoms. The van der Waals surface area contributed by atoms with Crippen LogP contribution in [0.25, 0.3) is 0 Å². The molecule has 0 aliphatic carbocycles. The van der Waals surface area contributed by atoms with Gasteiger partial charge in [0, 0.05) is 12.1 Å². The standard InChI is InChI=1S/C18H18N2O3/c1-13(21)15-7-8-17-16(11-15)20(9-10-23-17)18(22)19-12-14-5-3-2-4-6-14/h2-8,11H,9-10,12H2,1H3,(H,19,22). The molecular weight excluding hydrogens is 292 g/mol. The molecule has 0 saturated carbocycles. The molecule has 23 heavy (non-hydrogen) atoms. The van der Waals surface area contributed by atoms with E-state index in [2.05, 4.69) is 5.32 Å². The van der Waals surface area contributed by atoms with Gasteiger partial charge in [-0.15, -0.1) is 0 Å². The van der Waals surface area contributed by atoms with Gasteiger partial charge >= 0.3 is 6.03 Å². The number of nitrogens with zero attached hydrogens (tertiary/aromatic N) is 1. The highest BCUT2D eigenvalue weighted by molar-refractivity contribution is 5.99. The summed E-state index contributed by atoms with van der Waals surface area (Å²) in [5, 5.41) is 2.90. The zero-order valence-corrected chi connectivity index (χ0v) is 12.9. The third kappa shape index (κ3) is 3.34. The number of urea groups is 1. The lowest BCUT2D eigenvalue weighted by atomic mass is 10.1. The second kappa shape index (κ2) is 6.52. The fourth-order valence-electron chi connectivity index (χ4n) is 2.52. The lowest BCUT2D eigenvalue weighted by Gasteiger charge is -2.30. The van der Waals surface area contributed by atoms with Gasteiger partial charge in [-0.2, -0.15) is 0 Å². The number of Topliss-reactive ketones (excluding diaryl/α,β-unsaturated/α-hetero) is 1. The molecule has 1 aliphatic rings. The maximum atomic E-state index is 12.5. The van der Waals surface area contributed by atoms with Crippen molar-refractivity contribution in [3.63, 3.8) is 0 Å². The smallest absolute Gasteiger partial charge is 0.322 e. The van der Waals surface area contributed by atoms with Crippen molar-refractivity contribution in [3.8, 4) is 5.75 Å². The van der Waals surface area contributed by atoms with E-state index in [0.29, 0.717) is 36.7 Å². The summed E-state index contributed by atoms with van der Waals surface area (Å²) in [5.74, 6) is 0.583. The molecule has 0 atom stereocenters. The zero-order valence-electron chi connectivity index (χ0n) is 12.9. The van der Waals surface area contributed by atoms with Gasteiger partial charge in [0.1, 0.15) is 12.4 Å². The third-order valence-corrected chi connectivity index (χ3v) is 3.76. The van der Waals surface area contributed by atoms with Crippen LogP contribution in [0.4, 0.5) is 10.5 Å². The Balaban J connectivity index is 1.77. The molecule has 1 heterocycles. The van der Waals surface area contributed by atoms with Crippen molar-refractivity contribution in [2.45, 2.75) is 13.5 Å². The van der Waals surface area contributed by atoms with E-state index in [1.807, 2.05) is 30.3 Å². The van der Waals surface area contributed by atoms with E-state index in [0.717, 1.165) is 5.56 Å². The van der Waals surface area contributed by atoms with Crippen molar-refractivity contribution in [1.29, 1.82) is 0 Å². The number of fused-ring (bicyclic) bond motifs is 1. The van der Waals surface area contributed by atoms with Crippen molar-refractivity contribution >= 4 is 17.5 Å². The molecule has 5 heteroatoms.